The number of likely N-dealkylation sites (tertiary alicyclic amines) is 1. The minimum absolute atomic E-state index is 0.0393. The zero-order valence-electron chi connectivity index (χ0n) is 18.1. The Bertz CT molecular complexity index is 1360. The van der Waals surface area contributed by atoms with Crippen LogP contribution in [0.3, 0.4) is 0 Å². The van der Waals surface area contributed by atoms with E-state index in [-0.39, 0.29) is 17.4 Å². The highest BCUT2D eigenvalue weighted by atomic mass is 32.2. The van der Waals surface area contributed by atoms with Gasteiger partial charge in [0.25, 0.3) is 5.56 Å². The molecule has 1 aliphatic carbocycles. The Labute approximate surface area is 198 Å². The molecule has 4 aromatic rings. The lowest BCUT2D eigenvalue weighted by atomic mass is 9.97. The molecule has 170 valence electrons. The Morgan fingerprint density at radius 2 is 2.06 bits per heavy atom. The Kier molecular flexibility index (Phi) is 5.46. The van der Waals surface area contributed by atoms with Crippen LogP contribution in [-0.2, 0) is 23.4 Å². The average Bonchev–Trinajstić information content (AvgIpc) is 3.53. The zero-order valence-corrected chi connectivity index (χ0v) is 19.8. The van der Waals surface area contributed by atoms with Crippen LogP contribution in [0.2, 0.25) is 0 Å². The number of aryl methyl sites for hydroxylation is 2. The van der Waals surface area contributed by atoms with Crippen LogP contribution in [0.5, 0.6) is 0 Å². The summed E-state index contributed by atoms with van der Waals surface area (Å²) in [6, 6.07) is 7.81. The summed E-state index contributed by atoms with van der Waals surface area (Å²) in [4.78, 5) is 41.6. The van der Waals surface area contributed by atoms with Crippen LogP contribution in [-0.4, -0.2) is 44.6 Å². The van der Waals surface area contributed by atoms with E-state index in [1.54, 1.807) is 11.3 Å². The fourth-order valence-electron chi connectivity index (χ4n) is 4.88. The molecule has 3 aromatic heterocycles. The van der Waals surface area contributed by atoms with E-state index in [0.29, 0.717) is 30.4 Å². The van der Waals surface area contributed by atoms with Gasteiger partial charge in [-0.25, -0.2) is 9.97 Å². The lowest BCUT2D eigenvalue weighted by Gasteiger charge is -2.30. The molecule has 0 spiro atoms. The summed E-state index contributed by atoms with van der Waals surface area (Å²) in [6.07, 6.45) is 4.88. The SMILES string of the molecule is O=C(CSCc1nc2sc3c(c2c(=O)[nH]1)CCC3)N1CCC(c2nc3ccccc3o2)CC1. The van der Waals surface area contributed by atoms with Crippen molar-refractivity contribution in [1.82, 2.24) is 19.9 Å². The largest absolute Gasteiger partial charge is 0.440 e. The van der Waals surface area contributed by atoms with Crippen molar-refractivity contribution in [2.24, 2.45) is 0 Å². The van der Waals surface area contributed by atoms with Gasteiger partial charge in [-0.2, -0.15) is 0 Å². The number of amides is 1. The number of para-hydroxylation sites is 2. The number of thiophene rings is 1. The van der Waals surface area contributed by atoms with Gasteiger partial charge in [-0.1, -0.05) is 12.1 Å². The van der Waals surface area contributed by atoms with Gasteiger partial charge in [0.15, 0.2) is 11.5 Å². The number of oxazole rings is 1. The number of aromatic nitrogens is 3. The van der Waals surface area contributed by atoms with Crippen molar-refractivity contribution in [3.05, 3.63) is 56.8 Å². The number of benzene rings is 1. The first-order valence-electron chi connectivity index (χ1n) is 11.4. The van der Waals surface area contributed by atoms with Crippen LogP contribution >= 0.6 is 23.1 Å². The molecule has 0 saturated carbocycles. The van der Waals surface area contributed by atoms with Crippen molar-refractivity contribution in [2.75, 3.05) is 18.8 Å². The van der Waals surface area contributed by atoms with Crippen molar-refractivity contribution < 1.29 is 9.21 Å². The molecule has 1 amide bonds. The smallest absolute Gasteiger partial charge is 0.259 e. The topological polar surface area (TPSA) is 92.1 Å². The van der Waals surface area contributed by atoms with Gasteiger partial charge < -0.3 is 14.3 Å². The van der Waals surface area contributed by atoms with Crippen LogP contribution < -0.4 is 5.56 Å². The Morgan fingerprint density at radius 1 is 1.21 bits per heavy atom. The molecule has 33 heavy (non-hydrogen) atoms. The minimum Gasteiger partial charge on any atom is -0.440 e. The van der Waals surface area contributed by atoms with E-state index in [2.05, 4.69) is 15.0 Å². The molecule has 6 rings (SSSR count). The van der Waals surface area contributed by atoms with E-state index in [9.17, 15) is 9.59 Å². The number of carbonyl (C=O) groups excluding carboxylic acids is 1. The van der Waals surface area contributed by atoms with Gasteiger partial charge >= 0.3 is 0 Å². The maximum absolute atomic E-state index is 12.7. The highest BCUT2D eigenvalue weighted by Gasteiger charge is 2.27. The molecule has 9 heteroatoms. The first-order valence-corrected chi connectivity index (χ1v) is 13.4. The van der Waals surface area contributed by atoms with E-state index in [4.69, 9.17) is 4.42 Å². The highest BCUT2D eigenvalue weighted by Crippen LogP contribution is 2.35. The fourth-order valence-corrected chi connectivity index (χ4v) is 6.95. The van der Waals surface area contributed by atoms with Crippen LogP contribution in [0, 0.1) is 0 Å². The first-order chi connectivity index (χ1) is 16.2. The van der Waals surface area contributed by atoms with Crippen LogP contribution in [0.15, 0.2) is 33.5 Å². The Morgan fingerprint density at radius 3 is 2.91 bits per heavy atom. The molecule has 0 atom stereocenters. The second kappa shape index (κ2) is 8.61. The first kappa shape index (κ1) is 20.9. The number of aromatic amines is 1. The second-order valence-corrected chi connectivity index (χ2v) is 10.8. The summed E-state index contributed by atoms with van der Waals surface area (Å²) < 4.78 is 5.92. The number of carbonyl (C=O) groups is 1. The van der Waals surface area contributed by atoms with Gasteiger partial charge in [0, 0.05) is 23.9 Å². The van der Waals surface area contributed by atoms with Crippen molar-refractivity contribution in [3.8, 4) is 0 Å². The summed E-state index contributed by atoms with van der Waals surface area (Å²) in [6.45, 7) is 1.43. The van der Waals surface area contributed by atoms with E-state index in [1.165, 1.54) is 22.2 Å². The standard InChI is InChI=1S/C24H24N4O3S2/c29-20(28-10-8-14(9-11-28)23-25-16-5-1-2-6-17(16)31-23)13-32-12-19-26-22(30)21-15-4-3-7-18(15)33-24(21)27-19/h1-2,5-6,14H,3-4,7-13H2,(H,26,27,30). The molecule has 1 aliphatic heterocycles. The number of fused-ring (bicyclic) bond motifs is 4. The van der Waals surface area contributed by atoms with E-state index in [1.807, 2.05) is 29.2 Å². The third kappa shape index (κ3) is 3.97. The Balaban J connectivity index is 1.03. The lowest BCUT2D eigenvalue weighted by Crippen LogP contribution is -2.39. The molecular weight excluding hydrogens is 456 g/mol. The summed E-state index contributed by atoms with van der Waals surface area (Å²) in [5.41, 5.74) is 2.86. The molecule has 7 nitrogen and oxygen atoms in total. The number of nitrogens with one attached hydrogen (secondary N) is 1. The molecule has 1 fully saturated rings. The number of nitrogens with zero attached hydrogens (tertiary/aromatic N) is 3. The van der Waals surface area contributed by atoms with Crippen molar-refractivity contribution in [3.63, 3.8) is 0 Å². The molecule has 0 radical (unpaired) electrons. The second-order valence-electron chi connectivity index (χ2n) is 8.72. The average molecular weight is 481 g/mol. The van der Waals surface area contributed by atoms with Gasteiger partial charge in [0.2, 0.25) is 5.91 Å². The molecule has 4 heterocycles. The summed E-state index contributed by atoms with van der Waals surface area (Å²) in [5, 5.41) is 0.777. The maximum Gasteiger partial charge on any atom is 0.259 e. The van der Waals surface area contributed by atoms with E-state index >= 15 is 0 Å². The monoisotopic (exact) mass is 480 g/mol. The number of rotatable bonds is 5. The molecule has 0 unspecified atom stereocenters. The van der Waals surface area contributed by atoms with Crippen LogP contribution in [0.4, 0.5) is 0 Å². The summed E-state index contributed by atoms with van der Waals surface area (Å²) >= 11 is 3.15. The molecule has 2 aliphatic rings. The van der Waals surface area contributed by atoms with Gasteiger partial charge in [-0.05, 0) is 49.8 Å². The van der Waals surface area contributed by atoms with Crippen molar-refractivity contribution in [1.29, 1.82) is 0 Å². The number of thioether (sulfide) groups is 1. The summed E-state index contributed by atoms with van der Waals surface area (Å²) in [7, 11) is 0. The summed E-state index contributed by atoms with van der Waals surface area (Å²) in [5.74, 6) is 2.73. The minimum atomic E-state index is -0.0393. The number of piperidine rings is 1. The fraction of sp³-hybridized carbons (Fsp3) is 0.417. The quantitative estimate of drug-likeness (QED) is 0.459. The molecule has 1 aromatic carbocycles. The zero-order chi connectivity index (χ0) is 22.4. The van der Waals surface area contributed by atoms with Gasteiger partial charge in [-0.3, -0.25) is 9.59 Å². The predicted octanol–water partition coefficient (Wildman–Crippen LogP) is 4.25. The number of hydrogen-bond donors (Lipinski definition) is 1. The van der Waals surface area contributed by atoms with Gasteiger partial charge in [-0.15, -0.1) is 23.1 Å². The molecule has 1 saturated heterocycles. The normalized spacial score (nSPS) is 16.7. The number of hydrogen-bond acceptors (Lipinski definition) is 7. The van der Waals surface area contributed by atoms with Crippen LogP contribution in [0.25, 0.3) is 21.3 Å². The van der Waals surface area contributed by atoms with Gasteiger partial charge in [0.05, 0.1) is 16.9 Å². The molecular formula is C24H24N4O3S2. The van der Waals surface area contributed by atoms with Gasteiger partial charge in [0.1, 0.15) is 16.2 Å². The molecule has 1 N–H and O–H groups in total. The van der Waals surface area contributed by atoms with Crippen molar-refractivity contribution >= 4 is 50.3 Å². The number of H-pyrrole nitrogens is 1. The predicted molar refractivity (Wildman–Crippen MR) is 131 cm³/mol. The third-order valence-electron chi connectivity index (χ3n) is 6.60. The lowest BCUT2D eigenvalue weighted by molar-refractivity contribution is -0.129. The van der Waals surface area contributed by atoms with E-state index < -0.39 is 0 Å². The Hall–Kier alpha value is -2.65. The molecule has 0 bridgehead atoms. The van der Waals surface area contributed by atoms with Crippen LogP contribution in [0.1, 0.15) is 47.3 Å². The third-order valence-corrected chi connectivity index (χ3v) is 8.71. The maximum atomic E-state index is 12.7. The highest BCUT2D eigenvalue weighted by molar-refractivity contribution is 7.99. The van der Waals surface area contributed by atoms with Crippen molar-refractivity contribution in [2.45, 2.75) is 43.8 Å². The van der Waals surface area contributed by atoms with E-state index in [0.717, 1.165) is 59.3 Å².